The number of fused-ring (bicyclic) bond motifs is 2. The molecule has 2 nitrogen and oxygen atoms in total. The molecule has 1 N–H and O–H groups in total. The van der Waals surface area contributed by atoms with E-state index in [0.29, 0.717) is 0 Å². The van der Waals surface area contributed by atoms with Gasteiger partial charge in [-0.15, -0.1) is 0 Å². The van der Waals surface area contributed by atoms with E-state index in [-0.39, 0.29) is 0 Å². The zero-order chi connectivity index (χ0) is 11.0. The van der Waals surface area contributed by atoms with Gasteiger partial charge in [0.15, 0.2) is 0 Å². The molecule has 0 saturated carbocycles. The standard InChI is InChI=1S/C14H11NO/c16-15-9-13-6-5-12-7-10-3-1-2-4-11(10)8-14(12)13/h1-4,6-9,16H,5H2/b15-9+. The highest BCUT2D eigenvalue weighted by Crippen LogP contribution is 2.30. The lowest BCUT2D eigenvalue weighted by Crippen LogP contribution is -1.86. The first-order chi connectivity index (χ1) is 7.88. The molecular weight excluding hydrogens is 198 g/mol. The second-order valence-corrected chi connectivity index (χ2v) is 3.96. The van der Waals surface area contributed by atoms with Crippen LogP contribution in [0.15, 0.2) is 47.6 Å². The molecule has 2 aromatic rings. The van der Waals surface area contributed by atoms with Crippen molar-refractivity contribution in [1.82, 2.24) is 0 Å². The molecule has 0 spiro atoms. The van der Waals surface area contributed by atoms with E-state index in [1.54, 1.807) is 0 Å². The van der Waals surface area contributed by atoms with Crippen molar-refractivity contribution in [3.63, 3.8) is 0 Å². The maximum Gasteiger partial charge on any atom is 0.0736 e. The summed E-state index contributed by atoms with van der Waals surface area (Å²) in [5.74, 6) is 0. The quantitative estimate of drug-likeness (QED) is 0.436. The average molecular weight is 209 g/mol. The Balaban J connectivity index is 2.23. The molecule has 0 fully saturated rings. The number of hydrogen-bond acceptors (Lipinski definition) is 2. The van der Waals surface area contributed by atoms with Crippen LogP contribution in [-0.4, -0.2) is 11.4 Å². The highest BCUT2D eigenvalue weighted by molar-refractivity contribution is 6.12. The van der Waals surface area contributed by atoms with Gasteiger partial charge in [-0.2, -0.15) is 0 Å². The summed E-state index contributed by atoms with van der Waals surface area (Å²) in [7, 11) is 0. The van der Waals surface area contributed by atoms with Gasteiger partial charge >= 0.3 is 0 Å². The van der Waals surface area contributed by atoms with Gasteiger partial charge in [0.1, 0.15) is 0 Å². The van der Waals surface area contributed by atoms with E-state index in [1.165, 1.54) is 28.1 Å². The Morgan fingerprint density at radius 2 is 1.88 bits per heavy atom. The third-order valence-corrected chi connectivity index (χ3v) is 3.02. The highest BCUT2D eigenvalue weighted by Gasteiger charge is 2.13. The first-order valence-corrected chi connectivity index (χ1v) is 5.28. The molecule has 78 valence electrons. The van der Waals surface area contributed by atoms with Crippen molar-refractivity contribution in [2.75, 3.05) is 0 Å². The monoisotopic (exact) mass is 209 g/mol. The van der Waals surface area contributed by atoms with Crippen molar-refractivity contribution in [2.45, 2.75) is 6.42 Å². The minimum Gasteiger partial charge on any atom is -0.411 e. The zero-order valence-corrected chi connectivity index (χ0v) is 8.72. The maximum atomic E-state index is 8.59. The van der Waals surface area contributed by atoms with Gasteiger partial charge in [-0.1, -0.05) is 41.6 Å². The summed E-state index contributed by atoms with van der Waals surface area (Å²) in [4.78, 5) is 0. The Morgan fingerprint density at radius 3 is 2.62 bits per heavy atom. The van der Waals surface area contributed by atoms with E-state index < -0.39 is 0 Å². The van der Waals surface area contributed by atoms with Crippen LogP contribution in [0, 0.1) is 0 Å². The zero-order valence-electron chi connectivity index (χ0n) is 8.72. The lowest BCUT2D eigenvalue weighted by molar-refractivity contribution is 0.322. The van der Waals surface area contributed by atoms with Crippen LogP contribution in [0.5, 0.6) is 0 Å². The van der Waals surface area contributed by atoms with Crippen molar-refractivity contribution in [3.05, 3.63) is 53.6 Å². The van der Waals surface area contributed by atoms with Gasteiger partial charge in [0, 0.05) is 0 Å². The van der Waals surface area contributed by atoms with Crippen molar-refractivity contribution in [1.29, 1.82) is 0 Å². The molecule has 1 aliphatic carbocycles. The topological polar surface area (TPSA) is 32.6 Å². The number of allylic oxidation sites excluding steroid dienone is 2. The molecule has 0 amide bonds. The van der Waals surface area contributed by atoms with E-state index in [1.807, 2.05) is 12.1 Å². The first kappa shape index (κ1) is 9.16. The van der Waals surface area contributed by atoms with Crippen LogP contribution in [0.25, 0.3) is 16.3 Å². The van der Waals surface area contributed by atoms with Crippen LogP contribution < -0.4 is 0 Å². The van der Waals surface area contributed by atoms with E-state index in [0.717, 1.165) is 12.0 Å². The summed E-state index contributed by atoms with van der Waals surface area (Å²) in [6.45, 7) is 0. The number of nitrogens with zero attached hydrogens (tertiary/aromatic N) is 1. The molecule has 0 aliphatic heterocycles. The smallest absolute Gasteiger partial charge is 0.0736 e. The van der Waals surface area contributed by atoms with Crippen molar-refractivity contribution in [2.24, 2.45) is 5.16 Å². The molecule has 0 bridgehead atoms. The molecule has 0 radical (unpaired) electrons. The van der Waals surface area contributed by atoms with Gasteiger partial charge in [0.2, 0.25) is 0 Å². The summed E-state index contributed by atoms with van der Waals surface area (Å²) in [5, 5.41) is 14.2. The molecule has 2 heteroatoms. The van der Waals surface area contributed by atoms with Crippen molar-refractivity contribution >= 4 is 22.6 Å². The lowest BCUT2D eigenvalue weighted by Gasteiger charge is -2.04. The van der Waals surface area contributed by atoms with Crippen LogP contribution in [0.1, 0.15) is 11.1 Å². The molecule has 0 aromatic heterocycles. The Hall–Kier alpha value is -2.09. The van der Waals surface area contributed by atoms with Crippen molar-refractivity contribution < 1.29 is 5.21 Å². The summed E-state index contributed by atoms with van der Waals surface area (Å²) in [6, 6.07) is 12.7. The minimum atomic E-state index is 0.918. The molecule has 1 aliphatic rings. The molecule has 2 aromatic carbocycles. The van der Waals surface area contributed by atoms with Gasteiger partial charge in [-0.3, -0.25) is 0 Å². The fraction of sp³-hybridized carbons (Fsp3) is 0.0714. The van der Waals surface area contributed by atoms with E-state index in [4.69, 9.17) is 5.21 Å². The molecule has 0 saturated heterocycles. The number of oxime groups is 1. The molecule has 0 atom stereocenters. The van der Waals surface area contributed by atoms with E-state index >= 15 is 0 Å². The molecule has 3 rings (SSSR count). The predicted octanol–water partition coefficient (Wildman–Crippen LogP) is 3.24. The second kappa shape index (κ2) is 3.49. The second-order valence-electron chi connectivity index (χ2n) is 3.96. The Kier molecular flexibility index (Phi) is 2.00. The van der Waals surface area contributed by atoms with Crippen LogP contribution >= 0.6 is 0 Å². The third-order valence-electron chi connectivity index (χ3n) is 3.02. The Morgan fingerprint density at radius 1 is 1.12 bits per heavy atom. The van der Waals surface area contributed by atoms with Crippen LogP contribution in [0.3, 0.4) is 0 Å². The van der Waals surface area contributed by atoms with Gasteiger partial charge < -0.3 is 5.21 Å². The summed E-state index contributed by atoms with van der Waals surface area (Å²) >= 11 is 0. The molecule has 0 unspecified atom stereocenters. The third kappa shape index (κ3) is 1.31. The number of rotatable bonds is 1. The van der Waals surface area contributed by atoms with E-state index in [9.17, 15) is 0 Å². The Bertz CT molecular complexity index is 611. The predicted molar refractivity (Wildman–Crippen MR) is 65.9 cm³/mol. The number of benzene rings is 2. The first-order valence-electron chi connectivity index (χ1n) is 5.28. The SMILES string of the molecule is O/N=C/C1=CCc2cc3ccccc3cc21. The number of hydrogen-bond donors (Lipinski definition) is 1. The summed E-state index contributed by atoms with van der Waals surface area (Å²) < 4.78 is 0. The fourth-order valence-corrected chi connectivity index (χ4v) is 2.24. The van der Waals surface area contributed by atoms with Gasteiger partial charge in [0.05, 0.1) is 6.21 Å². The molecular formula is C14H11NO. The highest BCUT2D eigenvalue weighted by atomic mass is 16.4. The Labute approximate surface area is 93.5 Å². The molecule has 0 heterocycles. The summed E-state index contributed by atoms with van der Waals surface area (Å²) in [5.41, 5.74) is 3.48. The van der Waals surface area contributed by atoms with Crippen LogP contribution in [0.4, 0.5) is 0 Å². The van der Waals surface area contributed by atoms with Gasteiger partial charge in [-0.25, -0.2) is 0 Å². The largest absolute Gasteiger partial charge is 0.411 e. The van der Waals surface area contributed by atoms with E-state index in [2.05, 4.69) is 35.5 Å². The average Bonchev–Trinajstić information content (AvgIpc) is 2.70. The normalized spacial score (nSPS) is 14.4. The van der Waals surface area contributed by atoms with Crippen LogP contribution in [0.2, 0.25) is 0 Å². The maximum absolute atomic E-state index is 8.59. The fourth-order valence-electron chi connectivity index (χ4n) is 2.24. The minimum absolute atomic E-state index is 0.918. The van der Waals surface area contributed by atoms with Crippen LogP contribution in [-0.2, 0) is 6.42 Å². The summed E-state index contributed by atoms with van der Waals surface area (Å²) in [6.07, 6.45) is 4.51. The van der Waals surface area contributed by atoms with Gasteiger partial charge in [0.25, 0.3) is 0 Å². The van der Waals surface area contributed by atoms with Gasteiger partial charge in [-0.05, 0) is 40.0 Å². The lowest BCUT2D eigenvalue weighted by atomic mass is 10.0. The molecule has 16 heavy (non-hydrogen) atoms. The van der Waals surface area contributed by atoms with Crippen molar-refractivity contribution in [3.8, 4) is 0 Å².